The number of carbonyl (C=O) groups is 2. The van der Waals surface area contributed by atoms with Crippen LogP contribution in [0.15, 0.2) is 0 Å². The third kappa shape index (κ3) is 4.21. The van der Waals surface area contributed by atoms with Crippen molar-refractivity contribution in [3.8, 4) is 0 Å². The Kier molecular flexibility index (Phi) is 5.28. The molecule has 1 aliphatic heterocycles. The average Bonchev–Trinajstić information content (AvgIpc) is 3.18. The van der Waals surface area contributed by atoms with Crippen molar-refractivity contribution in [3.63, 3.8) is 0 Å². The number of nitrogens with one attached hydrogen (secondary N) is 1. The number of hydrogen-bond donors (Lipinski definition) is 1. The molecular weight excluding hydrogens is 264 g/mol. The second-order valence-corrected chi connectivity index (χ2v) is 7.54. The zero-order valence-electron chi connectivity index (χ0n) is 13.9. The second-order valence-electron chi connectivity index (χ2n) is 7.54. The van der Waals surface area contributed by atoms with E-state index in [0.29, 0.717) is 17.8 Å². The van der Waals surface area contributed by atoms with Gasteiger partial charge in [0.05, 0.1) is 0 Å². The number of nitrogens with zero attached hydrogens (tertiary/aromatic N) is 1. The molecule has 0 bridgehead atoms. The smallest absolute Gasteiger partial charge is 0.245 e. The Morgan fingerprint density at radius 2 is 1.81 bits per heavy atom. The van der Waals surface area contributed by atoms with Crippen molar-refractivity contribution in [2.45, 2.75) is 71.9 Å². The maximum atomic E-state index is 12.7. The third-order valence-corrected chi connectivity index (χ3v) is 4.46. The van der Waals surface area contributed by atoms with E-state index in [0.717, 1.165) is 38.6 Å². The summed E-state index contributed by atoms with van der Waals surface area (Å²) in [4.78, 5) is 27.0. The molecule has 21 heavy (non-hydrogen) atoms. The van der Waals surface area contributed by atoms with E-state index in [1.54, 1.807) is 0 Å². The number of hydrogen-bond acceptors (Lipinski definition) is 2. The van der Waals surface area contributed by atoms with E-state index in [1.165, 1.54) is 0 Å². The second kappa shape index (κ2) is 6.80. The molecule has 1 N–H and O–H groups in total. The van der Waals surface area contributed by atoms with Crippen LogP contribution in [0.25, 0.3) is 0 Å². The fraction of sp³-hybridized carbons (Fsp3) is 0.882. The highest BCUT2D eigenvalue weighted by Crippen LogP contribution is 2.37. The van der Waals surface area contributed by atoms with Gasteiger partial charge in [0.2, 0.25) is 11.8 Å². The zero-order chi connectivity index (χ0) is 15.6. The minimum atomic E-state index is -0.313. The van der Waals surface area contributed by atoms with E-state index >= 15 is 0 Å². The van der Waals surface area contributed by atoms with Gasteiger partial charge in [0.25, 0.3) is 0 Å². The predicted octanol–water partition coefficient (Wildman–Crippen LogP) is 2.57. The largest absolute Gasteiger partial charge is 0.342 e. The Morgan fingerprint density at radius 1 is 1.14 bits per heavy atom. The summed E-state index contributed by atoms with van der Waals surface area (Å²) in [5.41, 5.74) is 0. The lowest BCUT2D eigenvalue weighted by atomic mass is 9.96. The van der Waals surface area contributed by atoms with E-state index in [1.807, 2.05) is 4.90 Å². The summed E-state index contributed by atoms with van der Waals surface area (Å²) in [6.07, 6.45) is 5.01. The van der Waals surface area contributed by atoms with Crippen molar-refractivity contribution in [3.05, 3.63) is 0 Å². The maximum absolute atomic E-state index is 12.7. The molecular formula is C17H30N2O2. The van der Waals surface area contributed by atoms with Crippen LogP contribution in [0.2, 0.25) is 0 Å². The number of amides is 2. The summed E-state index contributed by atoms with van der Waals surface area (Å²) in [5, 5.41) is 2.97. The molecule has 1 aliphatic carbocycles. The van der Waals surface area contributed by atoms with Crippen molar-refractivity contribution in [2.75, 3.05) is 6.54 Å². The van der Waals surface area contributed by atoms with Gasteiger partial charge in [0.15, 0.2) is 0 Å². The van der Waals surface area contributed by atoms with Gasteiger partial charge >= 0.3 is 0 Å². The molecule has 2 rings (SSSR count). The topological polar surface area (TPSA) is 49.4 Å². The predicted molar refractivity (Wildman–Crippen MR) is 83.7 cm³/mol. The van der Waals surface area contributed by atoms with Crippen molar-refractivity contribution in [2.24, 2.45) is 17.8 Å². The van der Waals surface area contributed by atoms with Gasteiger partial charge in [-0.05, 0) is 49.9 Å². The molecule has 2 amide bonds. The molecule has 0 spiro atoms. The standard InChI is InChI=1S/C17H30N2O2/c1-11(2)6-5-9-19-15(13-7-8-13)16(20)18-14(17(19)21)10-12(3)4/h11-15H,5-10H2,1-4H3,(H,18,20). The Labute approximate surface area is 128 Å². The van der Waals surface area contributed by atoms with Gasteiger partial charge in [0, 0.05) is 6.54 Å². The first kappa shape index (κ1) is 16.3. The summed E-state index contributed by atoms with van der Waals surface area (Å²) in [6.45, 7) is 9.32. The van der Waals surface area contributed by atoms with Gasteiger partial charge in [-0.15, -0.1) is 0 Å². The molecule has 2 atom stereocenters. The van der Waals surface area contributed by atoms with Crippen molar-refractivity contribution in [1.82, 2.24) is 10.2 Å². The number of piperazine rings is 1. The summed E-state index contributed by atoms with van der Waals surface area (Å²) in [6, 6.07) is -0.514. The Morgan fingerprint density at radius 3 is 2.33 bits per heavy atom. The van der Waals surface area contributed by atoms with Gasteiger partial charge in [-0.2, -0.15) is 0 Å². The van der Waals surface area contributed by atoms with E-state index in [4.69, 9.17) is 0 Å². The highest BCUT2D eigenvalue weighted by Gasteiger charge is 2.47. The molecule has 4 heteroatoms. The molecule has 1 saturated heterocycles. The van der Waals surface area contributed by atoms with Crippen LogP contribution in [-0.4, -0.2) is 35.3 Å². The normalized spacial score (nSPS) is 26.7. The lowest BCUT2D eigenvalue weighted by Gasteiger charge is -2.40. The van der Waals surface area contributed by atoms with Crippen LogP contribution in [0.4, 0.5) is 0 Å². The van der Waals surface area contributed by atoms with Gasteiger partial charge in [-0.25, -0.2) is 0 Å². The van der Waals surface area contributed by atoms with Crippen LogP contribution < -0.4 is 5.32 Å². The Bertz CT molecular complexity index is 388. The molecule has 2 aliphatic rings. The third-order valence-electron chi connectivity index (χ3n) is 4.46. The van der Waals surface area contributed by atoms with E-state index in [9.17, 15) is 9.59 Å². The van der Waals surface area contributed by atoms with Crippen LogP contribution in [0.1, 0.15) is 59.8 Å². The quantitative estimate of drug-likeness (QED) is 0.784. The summed E-state index contributed by atoms with van der Waals surface area (Å²) >= 11 is 0. The zero-order valence-corrected chi connectivity index (χ0v) is 13.9. The van der Waals surface area contributed by atoms with Crippen LogP contribution in [0.5, 0.6) is 0 Å². The summed E-state index contributed by atoms with van der Waals surface area (Å²) in [5.74, 6) is 1.67. The first-order valence-corrected chi connectivity index (χ1v) is 8.51. The molecule has 0 radical (unpaired) electrons. The minimum Gasteiger partial charge on any atom is -0.342 e. The molecule has 0 aromatic heterocycles. The minimum absolute atomic E-state index is 0.0762. The Balaban J connectivity index is 2.04. The van der Waals surface area contributed by atoms with Gasteiger partial charge in [-0.1, -0.05) is 27.7 Å². The Hall–Kier alpha value is -1.06. The number of rotatable bonds is 7. The molecule has 2 unspecified atom stereocenters. The van der Waals surface area contributed by atoms with Gasteiger partial charge < -0.3 is 10.2 Å². The fourth-order valence-corrected chi connectivity index (χ4v) is 3.23. The monoisotopic (exact) mass is 294 g/mol. The lowest BCUT2D eigenvalue weighted by molar-refractivity contribution is -0.150. The summed E-state index contributed by atoms with van der Waals surface area (Å²) < 4.78 is 0. The van der Waals surface area contributed by atoms with Gasteiger partial charge in [-0.3, -0.25) is 9.59 Å². The van der Waals surface area contributed by atoms with Crippen LogP contribution >= 0.6 is 0 Å². The molecule has 0 aromatic rings. The van der Waals surface area contributed by atoms with Crippen LogP contribution in [0.3, 0.4) is 0 Å². The molecule has 4 nitrogen and oxygen atoms in total. The molecule has 2 fully saturated rings. The first-order chi connectivity index (χ1) is 9.90. The first-order valence-electron chi connectivity index (χ1n) is 8.51. The van der Waals surface area contributed by atoms with Gasteiger partial charge in [0.1, 0.15) is 12.1 Å². The lowest BCUT2D eigenvalue weighted by Crippen LogP contribution is -2.64. The summed E-state index contributed by atoms with van der Waals surface area (Å²) in [7, 11) is 0. The van der Waals surface area contributed by atoms with Crippen LogP contribution in [0, 0.1) is 17.8 Å². The van der Waals surface area contributed by atoms with Crippen molar-refractivity contribution >= 4 is 11.8 Å². The molecule has 1 heterocycles. The molecule has 1 saturated carbocycles. The highest BCUT2D eigenvalue weighted by atomic mass is 16.2. The van der Waals surface area contributed by atoms with Crippen LogP contribution in [-0.2, 0) is 9.59 Å². The number of carbonyl (C=O) groups excluding carboxylic acids is 2. The molecule has 0 aromatic carbocycles. The van der Waals surface area contributed by atoms with E-state index < -0.39 is 0 Å². The van der Waals surface area contributed by atoms with E-state index in [2.05, 4.69) is 33.0 Å². The van der Waals surface area contributed by atoms with Crippen molar-refractivity contribution in [1.29, 1.82) is 0 Å². The van der Waals surface area contributed by atoms with E-state index in [-0.39, 0.29) is 23.9 Å². The highest BCUT2D eigenvalue weighted by molar-refractivity contribution is 5.97. The SMILES string of the molecule is CC(C)CCCN1C(=O)C(CC(C)C)NC(=O)C1C1CC1. The maximum Gasteiger partial charge on any atom is 0.245 e. The molecule has 120 valence electrons. The average molecular weight is 294 g/mol. The van der Waals surface area contributed by atoms with Crippen molar-refractivity contribution < 1.29 is 9.59 Å². The fourth-order valence-electron chi connectivity index (χ4n) is 3.23.